The number of hydrogen-bond donors (Lipinski definition) is 2. The molecule has 1 aliphatic heterocycles. The topological polar surface area (TPSA) is 84.2 Å². The van der Waals surface area contributed by atoms with E-state index in [1.807, 2.05) is 36.4 Å². The molecule has 0 radical (unpaired) electrons. The van der Waals surface area contributed by atoms with Crippen molar-refractivity contribution in [2.45, 2.75) is 32.2 Å². The molecule has 150 valence electrons. The lowest BCUT2D eigenvalue weighted by molar-refractivity contribution is 0.0696. The number of fused-ring (bicyclic) bond motifs is 1. The SMILES string of the molecule is O=C(O)c1ccc(CCCn2c(C(=O)C3CCNCC3)nc3ccccc32)cc1. The number of carbonyl (C=O) groups is 2. The Morgan fingerprint density at radius 1 is 1.07 bits per heavy atom. The van der Waals surface area contributed by atoms with Gasteiger partial charge in [-0.3, -0.25) is 4.79 Å². The summed E-state index contributed by atoms with van der Waals surface area (Å²) in [5.41, 5.74) is 3.23. The van der Waals surface area contributed by atoms with Crippen molar-refractivity contribution in [2.75, 3.05) is 13.1 Å². The average Bonchev–Trinajstić information content (AvgIpc) is 3.13. The number of imidazole rings is 1. The highest BCUT2D eigenvalue weighted by Gasteiger charge is 2.26. The Morgan fingerprint density at radius 3 is 2.52 bits per heavy atom. The van der Waals surface area contributed by atoms with Gasteiger partial charge < -0.3 is 15.0 Å². The first-order chi connectivity index (χ1) is 14.1. The lowest BCUT2D eigenvalue weighted by Gasteiger charge is -2.21. The molecule has 1 aromatic heterocycles. The Labute approximate surface area is 169 Å². The molecule has 6 heteroatoms. The van der Waals surface area contributed by atoms with E-state index in [9.17, 15) is 9.59 Å². The monoisotopic (exact) mass is 391 g/mol. The van der Waals surface area contributed by atoms with Crippen LogP contribution in [0.25, 0.3) is 11.0 Å². The molecular weight excluding hydrogens is 366 g/mol. The first kappa shape index (κ1) is 19.3. The summed E-state index contributed by atoms with van der Waals surface area (Å²) >= 11 is 0. The molecule has 0 unspecified atom stereocenters. The number of carboxylic acids is 1. The van der Waals surface area contributed by atoms with Gasteiger partial charge >= 0.3 is 5.97 Å². The zero-order valence-corrected chi connectivity index (χ0v) is 16.3. The molecule has 0 amide bonds. The molecule has 1 saturated heterocycles. The molecule has 0 atom stereocenters. The van der Waals surface area contributed by atoms with E-state index in [0.717, 1.165) is 55.4 Å². The molecule has 29 heavy (non-hydrogen) atoms. The summed E-state index contributed by atoms with van der Waals surface area (Å²) in [6, 6.07) is 14.9. The minimum Gasteiger partial charge on any atom is -0.478 e. The van der Waals surface area contributed by atoms with Gasteiger partial charge in [0.2, 0.25) is 5.78 Å². The predicted octanol–water partition coefficient (Wildman–Crippen LogP) is 3.55. The largest absolute Gasteiger partial charge is 0.478 e. The molecule has 1 fully saturated rings. The maximum atomic E-state index is 13.2. The summed E-state index contributed by atoms with van der Waals surface area (Å²) < 4.78 is 2.06. The van der Waals surface area contributed by atoms with Gasteiger partial charge in [0.25, 0.3) is 0 Å². The fourth-order valence-electron chi connectivity index (χ4n) is 4.01. The molecule has 0 aliphatic carbocycles. The van der Waals surface area contributed by atoms with Crippen molar-refractivity contribution in [2.24, 2.45) is 5.92 Å². The van der Waals surface area contributed by atoms with Gasteiger partial charge in [0.1, 0.15) is 0 Å². The summed E-state index contributed by atoms with van der Waals surface area (Å²) in [7, 11) is 0. The maximum absolute atomic E-state index is 13.2. The summed E-state index contributed by atoms with van der Waals surface area (Å²) in [4.78, 5) is 28.8. The molecule has 0 saturated carbocycles. The van der Waals surface area contributed by atoms with Crippen LogP contribution in [0.15, 0.2) is 48.5 Å². The van der Waals surface area contributed by atoms with Crippen LogP contribution in [0.3, 0.4) is 0 Å². The first-order valence-corrected chi connectivity index (χ1v) is 10.2. The van der Waals surface area contributed by atoms with E-state index in [4.69, 9.17) is 5.11 Å². The number of nitrogens with one attached hydrogen (secondary N) is 1. The minimum absolute atomic E-state index is 0.0374. The first-order valence-electron chi connectivity index (χ1n) is 10.2. The van der Waals surface area contributed by atoms with Gasteiger partial charge in [0.15, 0.2) is 5.82 Å². The highest BCUT2D eigenvalue weighted by molar-refractivity contribution is 5.98. The van der Waals surface area contributed by atoms with Crippen LogP contribution >= 0.6 is 0 Å². The fourth-order valence-corrected chi connectivity index (χ4v) is 4.01. The molecule has 1 aliphatic rings. The summed E-state index contributed by atoms with van der Waals surface area (Å²) in [6.07, 6.45) is 3.38. The van der Waals surface area contributed by atoms with Gasteiger partial charge in [-0.25, -0.2) is 9.78 Å². The predicted molar refractivity (Wildman–Crippen MR) is 111 cm³/mol. The summed E-state index contributed by atoms with van der Waals surface area (Å²) in [6.45, 7) is 2.46. The van der Waals surface area contributed by atoms with Crippen LogP contribution in [0.4, 0.5) is 0 Å². The standard InChI is InChI=1S/C23H25N3O3/c27-21(17-11-13-24-14-12-17)22-25-19-5-1-2-6-20(19)26(22)15-3-4-16-7-9-18(10-8-16)23(28)29/h1-2,5-10,17,24H,3-4,11-15H2,(H,28,29). The van der Waals surface area contributed by atoms with Crippen molar-refractivity contribution in [3.8, 4) is 0 Å². The number of rotatable bonds is 7. The van der Waals surface area contributed by atoms with Crippen molar-refractivity contribution >= 4 is 22.8 Å². The van der Waals surface area contributed by atoms with Crippen molar-refractivity contribution < 1.29 is 14.7 Å². The molecule has 2 heterocycles. The van der Waals surface area contributed by atoms with Crippen LogP contribution < -0.4 is 5.32 Å². The van der Waals surface area contributed by atoms with Gasteiger partial charge in [-0.2, -0.15) is 0 Å². The number of aryl methyl sites for hydroxylation is 2. The third kappa shape index (κ3) is 4.22. The molecule has 2 N–H and O–H groups in total. The second kappa shape index (κ2) is 8.57. The van der Waals surface area contributed by atoms with Crippen LogP contribution in [0.1, 0.15) is 45.8 Å². The Hall–Kier alpha value is -2.99. The number of nitrogens with zero attached hydrogens (tertiary/aromatic N) is 2. The van der Waals surface area contributed by atoms with Gasteiger partial charge in [0, 0.05) is 12.5 Å². The number of carboxylic acid groups (broad SMARTS) is 1. The number of hydrogen-bond acceptors (Lipinski definition) is 4. The molecule has 2 aromatic carbocycles. The number of para-hydroxylation sites is 2. The summed E-state index contributed by atoms with van der Waals surface area (Å²) in [5.74, 6) is -0.161. The van der Waals surface area contributed by atoms with Crippen molar-refractivity contribution in [3.63, 3.8) is 0 Å². The van der Waals surface area contributed by atoms with Gasteiger partial charge in [-0.1, -0.05) is 24.3 Å². The van der Waals surface area contributed by atoms with Crippen LogP contribution in [0.5, 0.6) is 0 Å². The molecular formula is C23H25N3O3. The number of Topliss-reactive ketones (excluding diaryl/α,β-unsaturated/α-hetero) is 1. The fraction of sp³-hybridized carbons (Fsp3) is 0.348. The Morgan fingerprint density at radius 2 is 1.79 bits per heavy atom. The normalized spacial score (nSPS) is 14.9. The highest BCUT2D eigenvalue weighted by atomic mass is 16.4. The van der Waals surface area contributed by atoms with E-state index >= 15 is 0 Å². The number of benzene rings is 2. The quantitative estimate of drug-likeness (QED) is 0.602. The Bertz CT molecular complexity index is 1020. The van der Waals surface area contributed by atoms with Crippen LogP contribution in [-0.2, 0) is 13.0 Å². The van der Waals surface area contributed by atoms with Crippen LogP contribution in [0, 0.1) is 5.92 Å². The molecule has 0 bridgehead atoms. The van der Waals surface area contributed by atoms with E-state index in [2.05, 4.69) is 14.9 Å². The van der Waals surface area contributed by atoms with Gasteiger partial charge in [-0.05, 0) is 68.6 Å². The lowest BCUT2D eigenvalue weighted by atomic mass is 9.93. The van der Waals surface area contributed by atoms with Crippen LogP contribution in [0.2, 0.25) is 0 Å². The van der Waals surface area contributed by atoms with E-state index in [0.29, 0.717) is 17.9 Å². The number of aromatic nitrogens is 2. The van der Waals surface area contributed by atoms with Crippen molar-refractivity contribution in [1.29, 1.82) is 0 Å². The molecule has 3 aromatic rings. The Kier molecular flexibility index (Phi) is 5.71. The number of ketones is 1. The lowest BCUT2D eigenvalue weighted by Crippen LogP contribution is -2.33. The average molecular weight is 391 g/mol. The maximum Gasteiger partial charge on any atom is 0.335 e. The highest BCUT2D eigenvalue weighted by Crippen LogP contribution is 2.23. The smallest absolute Gasteiger partial charge is 0.335 e. The zero-order valence-electron chi connectivity index (χ0n) is 16.3. The second-order valence-electron chi connectivity index (χ2n) is 7.57. The zero-order chi connectivity index (χ0) is 20.2. The third-order valence-corrected chi connectivity index (χ3v) is 5.63. The van der Waals surface area contributed by atoms with Gasteiger partial charge in [0.05, 0.1) is 16.6 Å². The number of aromatic carboxylic acids is 1. The van der Waals surface area contributed by atoms with Gasteiger partial charge in [-0.15, -0.1) is 0 Å². The van der Waals surface area contributed by atoms with Crippen molar-refractivity contribution in [1.82, 2.24) is 14.9 Å². The minimum atomic E-state index is -0.914. The number of piperidine rings is 1. The van der Waals surface area contributed by atoms with Crippen molar-refractivity contribution in [3.05, 3.63) is 65.5 Å². The van der Waals surface area contributed by atoms with E-state index in [-0.39, 0.29) is 11.7 Å². The second-order valence-corrected chi connectivity index (χ2v) is 7.57. The van der Waals surface area contributed by atoms with Crippen LogP contribution in [-0.4, -0.2) is 39.5 Å². The summed E-state index contributed by atoms with van der Waals surface area (Å²) in [5, 5.41) is 12.3. The molecule has 6 nitrogen and oxygen atoms in total. The Balaban J connectivity index is 1.52. The molecule has 0 spiro atoms. The number of carbonyl (C=O) groups excluding carboxylic acids is 1. The van der Waals surface area contributed by atoms with E-state index < -0.39 is 5.97 Å². The molecule has 4 rings (SSSR count). The van der Waals surface area contributed by atoms with E-state index in [1.165, 1.54) is 0 Å². The third-order valence-electron chi connectivity index (χ3n) is 5.63. The van der Waals surface area contributed by atoms with E-state index in [1.54, 1.807) is 12.1 Å².